The number of esters is 5. The third kappa shape index (κ3) is 12.6. The molecule has 302 valence electrons. The molecule has 0 spiro atoms. The summed E-state index contributed by atoms with van der Waals surface area (Å²) in [5.41, 5.74) is 0.215. The predicted molar refractivity (Wildman–Crippen MR) is 211 cm³/mol. The Morgan fingerprint density at radius 2 is 1.46 bits per heavy atom. The topological polar surface area (TPSA) is 180 Å². The van der Waals surface area contributed by atoms with Gasteiger partial charge in [-0.25, -0.2) is 14.9 Å². The van der Waals surface area contributed by atoms with Gasteiger partial charge in [0.2, 0.25) is 0 Å². The minimum atomic E-state index is -0.605. The molecule has 1 aliphatic heterocycles. The van der Waals surface area contributed by atoms with E-state index in [-0.39, 0.29) is 49.9 Å². The number of rotatable bonds is 15. The van der Waals surface area contributed by atoms with E-state index in [1.807, 2.05) is 26.8 Å². The molecule has 0 atom stereocenters. The Hall–Kier alpha value is -5.25. The van der Waals surface area contributed by atoms with Crippen LogP contribution in [-0.4, -0.2) is 54.8 Å². The number of phenolic OH excluding ortho intramolecular Hbond substituents is 1. The molecule has 57 heavy (non-hydrogen) atoms. The highest BCUT2D eigenvalue weighted by Crippen LogP contribution is 2.60. The standard InChI is InChI=1S/C42H46N2O11S2/c1-8-32(45)52-23-42(5,6)24-53-34(47)18-17-33(46)51-20-19-25-9-15-28(16-10-25)54-38(49)26-11-13-27(14-12-26)39(50)55-31-21-29(41(2,3)4)35(48)37-36(31)56-40(57-37)30(22-43)44-7/h8-10,15-16,21,26-27,48H,1,11-14,17-20,23-24H2,2-6H3/b40-30+. The normalized spacial score (nSPS) is 17.2. The van der Waals surface area contributed by atoms with E-state index in [4.69, 9.17) is 30.3 Å². The van der Waals surface area contributed by atoms with Crippen LogP contribution < -0.4 is 9.47 Å². The minimum Gasteiger partial charge on any atom is -0.506 e. The summed E-state index contributed by atoms with van der Waals surface area (Å²) in [5.74, 6) is -2.73. The molecule has 1 saturated carbocycles. The largest absolute Gasteiger partial charge is 0.506 e. The first-order valence-corrected chi connectivity index (χ1v) is 20.0. The molecule has 1 N–H and O–H groups in total. The molecule has 2 aliphatic rings. The Balaban J connectivity index is 1.20. The molecule has 0 radical (unpaired) electrons. The monoisotopic (exact) mass is 818 g/mol. The van der Waals surface area contributed by atoms with Gasteiger partial charge >= 0.3 is 29.8 Å². The zero-order valence-electron chi connectivity index (χ0n) is 32.6. The van der Waals surface area contributed by atoms with Crippen molar-refractivity contribution >= 4 is 53.4 Å². The summed E-state index contributed by atoms with van der Waals surface area (Å²) >= 11 is 2.24. The van der Waals surface area contributed by atoms with Gasteiger partial charge in [0.25, 0.3) is 5.70 Å². The number of hydrogen-bond donors (Lipinski definition) is 1. The molecule has 13 nitrogen and oxygen atoms in total. The number of carbonyl (C=O) groups excluding carboxylic acids is 5. The third-order valence-corrected chi connectivity index (χ3v) is 11.7. The molecule has 1 aliphatic carbocycles. The molecule has 0 amide bonds. The maximum atomic E-state index is 13.4. The van der Waals surface area contributed by atoms with Gasteiger partial charge in [-0.1, -0.05) is 76.9 Å². The van der Waals surface area contributed by atoms with Crippen LogP contribution in [0.4, 0.5) is 0 Å². The summed E-state index contributed by atoms with van der Waals surface area (Å²) in [6.45, 7) is 20.1. The van der Waals surface area contributed by atoms with Crippen molar-refractivity contribution in [2.75, 3.05) is 19.8 Å². The molecule has 4 rings (SSSR count). The van der Waals surface area contributed by atoms with Crippen LogP contribution in [0.25, 0.3) is 4.85 Å². The van der Waals surface area contributed by atoms with E-state index in [2.05, 4.69) is 11.4 Å². The van der Waals surface area contributed by atoms with Gasteiger partial charge in [0.15, 0.2) is 0 Å². The molecule has 0 unspecified atom stereocenters. The Kier molecular flexibility index (Phi) is 15.4. The first-order chi connectivity index (χ1) is 26.9. The van der Waals surface area contributed by atoms with Crippen LogP contribution in [0.2, 0.25) is 0 Å². The number of phenols is 1. The zero-order chi connectivity index (χ0) is 41.9. The van der Waals surface area contributed by atoms with Gasteiger partial charge in [-0.05, 0) is 54.9 Å². The molecule has 2 aromatic carbocycles. The fourth-order valence-corrected chi connectivity index (χ4v) is 8.27. The smallest absolute Gasteiger partial charge is 0.330 e. The second-order valence-corrected chi connectivity index (χ2v) is 17.7. The number of thioether (sulfide) groups is 2. The summed E-state index contributed by atoms with van der Waals surface area (Å²) < 4.78 is 27.4. The average Bonchev–Trinajstić information content (AvgIpc) is 3.63. The van der Waals surface area contributed by atoms with Crippen LogP contribution in [-0.2, 0) is 50.0 Å². The summed E-state index contributed by atoms with van der Waals surface area (Å²) in [6.07, 6.45) is 2.86. The Bertz CT molecular complexity index is 1980. The summed E-state index contributed by atoms with van der Waals surface area (Å²) in [6, 6.07) is 10.4. The highest BCUT2D eigenvalue weighted by molar-refractivity contribution is 8.24. The predicted octanol–water partition coefficient (Wildman–Crippen LogP) is 7.98. The van der Waals surface area contributed by atoms with E-state index < -0.39 is 52.5 Å². The van der Waals surface area contributed by atoms with Crippen molar-refractivity contribution in [2.45, 2.75) is 94.8 Å². The second kappa shape index (κ2) is 19.7. The van der Waals surface area contributed by atoms with Crippen LogP contribution in [0, 0.1) is 35.2 Å². The van der Waals surface area contributed by atoms with Crippen molar-refractivity contribution in [1.29, 1.82) is 5.26 Å². The van der Waals surface area contributed by atoms with E-state index in [1.165, 1.54) is 0 Å². The van der Waals surface area contributed by atoms with Gasteiger partial charge in [0.05, 0.1) is 71.2 Å². The van der Waals surface area contributed by atoms with Gasteiger partial charge in [0.1, 0.15) is 17.2 Å². The number of hydrogen-bond acceptors (Lipinski definition) is 14. The Labute approximate surface area is 340 Å². The number of ether oxygens (including phenoxy) is 5. The van der Waals surface area contributed by atoms with E-state index in [9.17, 15) is 34.3 Å². The van der Waals surface area contributed by atoms with Gasteiger partial charge < -0.3 is 28.8 Å². The van der Waals surface area contributed by atoms with Crippen molar-refractivity contribution in [2.24, 2.45) is 17.3 Å². The number of benzene rings is 2. The van der Waals surface area contributed by atoms with Crippen molar-refractivity contribution in [3.63, 3.8) is 0 Å². The van der Waals surface area contributed by atoms with Crippen LogP contribution in [0.3, 0.4) is 0 Å². The minimum absolute atomic E-state index is 0.00970. The lowest BCUT2D eigenvalue weighted by Crippen LogP contribution is -2.30. The lowest BCUT2D eigenvalue weighted by atomic mass is 9.82. The second-order valence-electron chi connectivity index (χ2n) is 15.4. The lowest BCUT2D eigenvalue weighted by Gasteiger charge is -2.27. The van der Waals surface area contributed by atoms with Crippen LogP contribution in [0.15, 0.2) is 62.7 Å². The molecule has 0 bridgehead atoms. The molecule has 0 saturated heterocycles. The number of allylic oxidation sites excluding steroid dienone is 1. The van der Waals surface area contributed by atoms with E-state index in [0.29, 0.717) is 57.4 Å². The molecule has 1 heterocycles. The molecule has 2 aromatic rings. The third-order valence-electron chi connectivity index (χ3n) is 9.11. The van der Waals surface area contributed by atoms with Gasteiger partial charge in [-0.15, -0.1) is 0 Å². The quantitative estimate of drug-likeness (QED) is 0.0456. The fourth-order valence-electron chi connectivity index (χ4n) is 5.82. The Morgan fingerprint density at radius 1 is 0.895 bits per heavy atom. The molecule has 1 fully saturated rings. The average molecular weight is 819 g/mol. The number of fused-ring (bicyclic) bond motifs is 1. The van der Waals surface area contributed by atoms with Crippen LogP contribution in [0.5, 0.6) is 17.2 Å². The van der Waals surface area contributed by atoms with Gasteiger partial charge in [0, 0.05) is 23.5 Å². The number of carbonyl (C=O) groups is 5. The highest BCUT2D eigenvalue weighted by Gasteiger charge is 2.36. The molecule has 0 aromatic heterocycles. The van der Waals surface area contributed by atoms with E-state index >= 15 is 0 Å². The SMILES string of the molecule is [C-]#[N+]/C(C#N)=C1\Sc2c(OC(=O)C3CCC(C(=O)Oc4ccc(CCOC(=O)CCC(=O)OCC(C)(C)COC(=O)C=C)cc4)CC3)cc(C(C)(C)C)c(O)c2S1. The zero-order valence-corrected chi connectivity index (χ0v) is 34.3. The van der Waals surface area contributed by atoms with Crippen molar-refractivity contribution < 1.29 is 52.8 Å². The van der Waals surface area contributed by atoms with E-state index in [0.717, 1.165) is 35.2 Å². The van der Waals surface area contributed by atoms with Gasteiger partial charge in [-0.2, -0.15) is 0 Å². The summed E-state index contributed by atoms with van der Waals surface area (Å²) in [4.78, 5) is 66.2. The molecular weight excluding hydrogens is 773 g/mol. The van der Waals surface area contributed by atoms with Crippen LogP contribution >= 0.6 is 23.5 Å². The van der Waals surface area contributed by atoms with E-state index in [1.54, 1.807) is 44.2 Å². The van der Waals surface area contributed by atoms with Crippen molar-refractivity contribution in [1.82, 2.24) is 0 Å². The summed E-state index contributed by atoms with van der Waals surface area (Å²) in [7, 11) is 0. The maximum Gasteiger partial charge on any atom is 0.330 e. The van der Waals surface area contributed by atoms with Crippen molar-refractivity contribution in [3.05, 3.63) is 75.5 Å². The maximum absolute atomic E-state index is 13.4. The highest BCUT2D eigenvalue weighted by atomic mass is 32.2. The van der Waals surface area contributed by atoms with Gasteiger partial charge in [-0.3, -0.25) is 19.2 Å². The summed E-state index contributed by atoms with van der Waals surface area (Å²) in [5, 5.41) is 20.5. The number of aromatic hydroxyl groups is 1. The number of nitriles is 1. The Morgan fingerprint density at radius 3 is 2.02 bits per heavy atom. The van der Waals surface area contributed by atoms with Crippen LogP contribution in [0.1, 0.15) is 84.3 Å². The van der Waals surface area contributed by atoms with Crippen molar-refractivity contribution in [3.8, 4) is 23.3 Å². The first-order valence-electron chi connectivity index (χ1n) is 18.4. The lowest BCUT2D eigenvalue weighted by molar-refractivity contribution is -0.154. The number of nitrogens with zero attached hydrogens (tertiary/aromatic N) is 2. The molecule has 15 heteroatoms. The first kappa shape index (κ1) is 44.5. The molecular formula is C42H46N2O11S2. The fraction of sp³-hybridized carbons (Fsp3) is 0.452.